The second-order valence-corrected chi connectivity index (χ2v) is 8.56. The number of hydrogen-bond donors (Lipinski definition) is 3. The van der Waals surface area contributed by atoms with Crippen LogP contribution in [0, 0.1) is 0 Å². The molecule has 5 rings (SSSR count). The van der Waals surface area contributed by atoms with Crippen molar-refractivity contribution in [3.8, 4) is 16.9 Å². The first-order chi connectivity index (χ1) is 17.6. The topological polar surface area (TPSA) is 105 Å². The van der Waals surface area contributed by atoms with E-state index in [1.54, 1.807) is 16.9 Å². The summed E-state index contributed by atoms with van der Waals surface area (Å²) in [5.74, 6) is -1.40. The van der Waals surface area contributed by atoms with Crippen LogP contribution in [0.5, 0.6) is 0 Å². The van der Waals surface area contributed by atoms with Crippen LogP contribution in [0.3, 0.4) is 0 Å². The van der Waals surface area contributed by atoms with E-state index in [4.69, 9.17) is 0 Å². The van der Waals surface area contributed by atoms with Crippen molar-refractivity contribution in [2.24, 2.45) is 0 Å². The number of aryl methyl sites for hydroxylation is 2. The second-order valence-electron chi connectivity index (χ2n) is 8.56. The van der Waals surface area contributed by atoms with Gasteiger partial charge in [-0.15, -0.1) is 0 Å². The third-order valence-corrected chi connectivity index (χ3v) is 6.11. The van der Waals surface area contributed by atoms with E-state index in [0.717, 1.165) is 30.5 Å². The molecule has 0 saturated carbocycles. The monoisotopic (exact) mass is 479 g/mol. The standard InChI is InChI=1S/C28H25N5O3/c34-25(17-29-27(35)22-15-14-19-10-7-11-21(19)16-22)30-31-28(36)24-18-33(23-12-5-2-6-13-23)32-26(24)20-8-3-1-4-9-20/h1-6,8-9,12-16,18H,7,10-11,17H2,(H,29,35)(H,30,34)(H,31,36). The maximum Gasteiger partial charge on any atom is 0.273 e. The quantitative estimate of drug-likeness (QED) is 0.369. The number of aromatic nitrogens is 2. The summed E-state index contributed by atoms with van der Waals surface area (Å²) in [4.78, 5) is 37.8. The highest BCUT2D eigenvalue weighted by atomic mass is 16.2. The van der Waals surface area contributed by atoms with Crippen LogP contribution in [0.25, 0.3) is 16.9 Å². The molecule has 3 aromatic carbocycles. The highest BCUT2D eigenvalue weighted by Gasteiger charge is 2.20. The normalized spacial score (nSPS) is 12.0. The molecule has 0 radical (unpaired) electrons. The molecule has 4 aromatic rings. The fourth-order valence-electron chi connectivity index (χ4n) is 4.28. The van der Waals surface area contributed by atoms with E-state index in [1.165, 1.54) is 11.1 Å². The molecule has 0 fully saturated rings. The molecular weight excluding hydrogens is 454 g/mol. The Kier molecular flexibility index (Phi) is 6.57. The average molecular weight is 480 g/mol. The number of amides is 3. The van der Waals surface area contributed by atoms with Crippen molar-refractivity contribution >= 4 is 17.7 Å². The lowest BCUT2D eigenvalue weighted by molar-refractivity contribution is -0.120. The molecule has 0 unspecified atom stereocenters. The zero-order chi connectivity index (χ0) is 24.9. The minimum absolute atomic E-state index is 0.273. The van der Waals surface area contributed by atoms with Crippen LogP contribution in [0.15, 0.2) is 85.1 Å². The van der Waals surface area contributed by atoms with Crippen molar-refractivity contribution in [1.82, 2.24) is 25.9 Å². The summed E-state index contributed by atoms with van der Waals surface area (Å²) in [5, 5.41) is 7.20. The summed E-state index contributed by atoms with van der Waals surface area (Å²) in [6.07, 6.45) is 4.72. The predicted octanol–water partition coefficient (Wildman–Crippen LogP) is 3.22. The van der Waals surface area contributed by atoms with Crippen molar-refractivity contribution in [1.29, 1.82) is 0 Å². The van der Waals surface area contributed by atoms with Crippen LogP contribution >= 0.6 is 0 Å². The molecule has 1 aromatic heterocycles. The molecule has 8 heteroatoms. The van der Waals surface area contributed by atoms with Gasteiger partial charge in [0.25, 0.3) is 17.7 Å². The highest BCUT2D eigenvalue weighted by Crippen LogP contribution is 2.24. The van der Waals surface area contributed by atoms with Gasteiger partial charge in [-0.3, -0.25) is 25.2 Å². The Morgan fingerprint density at radius 3 is 2.31 bits per heavy atom. The smallest absolute Gasteiger partial charge is 0.273 e. The van der Waals surface area contributed by atoms with Gasteiger partial charge in [0.2, 0.25) is 0 Å². The van der Waals surface area contributed by atoms with Crippen molar-refractivity contribution < 1.29 is 14.4 Å². The molecule has 0 aliphatic heterocycles. The summed E-state index contributed by atoms with van der Waals surface area (Å²) < 4.78 is 1.62. The fourth-order valence-corrected chi connectivity index (χ4v) is 4.28. The van der Waals surface area contributed by atoms with Gasteiger partial charge in [0.05, 0.1) is 17.8 Å². The van der Waals surface area contributed by atoms with Gasteiger partial charge in [-0.05, 0) is 54.7 Å². The van der Waals surface area contributed by atoms with Gasteiger partial charge in [0.15, 0.2) is 0 Å². The minimum atomic E-state index is -0.547. The van der Waals surface area contributed by atoms with Crippen molar-refractivity contribution in [2.45, 2.75) is 19.3 Å². The number of rotatable bonds is 6. The molecule has 8 nitrogen and oxygen atoms in total. The third kappa shape index (κ3) is 5.02. The number of carbonyl (C=O) groups excluding carboxylic acids is 3. The molecule has 1 heterocycles. The van der Waals surface area contributed by atoms with Crippen molar-refractivity contribution in [3.63, 3.8) is 0 Å². The van der Waals surface area contributed by atoms with E-state index < -0.39 is 11.8 Å². The molecule has 0 spiro atoms. The summed E-state index contributed by atoms with van der Waals surface area (Å²) in [5.41, 5.74) is 10.1. The van der Waals surface area contributed by atoms with Gasteiger partial charge in [-0.1, -0.05) is 54.6 Å². The zero-order valence-electron chi connectivity index (χ0n) is 19.5. The summed E-state index contributed by atoms with van der Waals surface area (Å²) in [6, 6.07) is 24.4. The van der Waals surface area contributed by atoms with E-state index in [2.05, 4.69) is 21.3 Å². The molecule has 3 N–H and O–H groups in total. The lowest BCUT2D eigenvalue weighted by atomic mass is 10.1. The van der Waals surface area contributed by atoms with E-state index >= 15 is 0 Å². The number of fused-ring (bicyclic) bond motifs is 1. The van der Waals surface area contributed by atoms with Crippen LogP contribution in [-0.2, 0) is 17.6 Å². The first kappa shape index (κ1) is 23.0. The van der Waals surface area contributed by atoms with Crippen LogP contribution in [0.2, 0.25) is 0 Å². The van der Waals surface area contributed by atoms with E-state index in [0.29, 0.717) is 16.8 Å². The lowest BCUT2D eigenvalue weighted by Crippen LogP contribution is -2.46. The SMILES string of the molecule is O=C(CNC(=O)c1ccc2c(c1)CCC2)NNC(=O)c1cn(-c2ccccc2)nc1-c1ccccc1. The maximum absolute atomic E-state index is 13.0. The van der Waals surface area contributed by atoms with Crippen LogP contribution in [0.4, 0.5) is 0 Å². The number of carbonyl (C=O) groups is 3. The molecule has 0 bridgehead atoms. The summed E-state index contributed by atoms with van der Waals surface area (Å²) in [7, 11) is 0. The molecule has 0 saturated heterocycles. The van der Waals surface area contributed by atoms with Gasteiger partial charge < -0.3 is 5.32 Å². The summed E-state index contributed by atoms with van der Waals surface area (Å²) in [6.45, 7) is -0.273. The van der Waals surface area contributed by atoms with Crippen molar-refractivity contribution in [3.05, 3.63) is 107 Å². The molecule has 1 aliphatic carbocycles. The molecule has 1 aliphatic rings. The second kappa shape index (κ2) is 10.3. The van der Waals surface area contributed by atoms with Crippen LogP contribution in [0.1, 0.15) is 38.3 Å². The van der Waals surface area contributed by atoms with Gasteiger partial charge in [-0.25, -0.2) is 4.68 Å². The molecule has 0 atom stereocenters. The number of hydrogen-bond acceptors (Lipinski definition) is 4. The number of hydrazine groups is 1. The Hall–Kier alpha value is -4.72. The molecule has 36 heavy (non-hydrogen) atoms. The molecule has 3 amide bonds. The predicted molar refractivity (Wildman–Crippen MR) is 135 cm³/mol. The minimum Gasteiger partial charge on any atom is -0.343 e. The molecular formula is C28H25N5O3. The highest BCUT2D eigenvalue weighted by molar-refractivity contribution is 6.01. The van der Waals surface area contributed by atoms with Gasteiger partial charge in [0, 0.05) is 17.3 Å². The maximum atomic E-state index is 13.0. The number of benzene rings is 3. The lowest BCUT2D eigenvalue weighted by Gasteiger charge is -2.09. The van der Waals surface area contributed by atoms with E-state index in [1.807, 2.05) is 72.8 Å². The van der Waals surface area contributed by atoms with Gasteiger partial charge in [-0.2, -0.15) is 5.10 Å². The number of nitrogens with zero attached hydrogens (tertiary/aromatic N) is 2. The fraction of sp³-hybridized carbons (Fsp3) is 0.143. The first-order valence-corrected chi connectivity index (χ1v) is 11.8. The number of para-hydroxylation sites is 1. The Morgan fingerprint density at radius 2 is 1.53 bits per heavy atom. The number of nitrogens with one attached hydrogen (secondary N) is 3. The van der Waals surface area contributed by atoms with E-state index in [9.17, 15) is 14.4 Å². The van der Waals surface area contributed by atoms with Crippen LogP contribution in [-0.4, -0.2) is 34.0 Å². The summed E-state index contributed by atoms with van der Waals surface area (Å²) >= 11 is 0. The average Bonchev–Trinajstić information content (AvgIpc) is 3.58. The largest absolute Gasteiger partial charge is 0.343 e. The van der Waals surface area contributed by atoms with E-state index in [-0.39, 0.29) is 12.5 Å². The van der Waals surface area contributed by atoms with Crippen LogP contribution < -0.4 is 16.2 Å². The third-order valence-electron chi connectivity index (χ3n) is 6.11. The van der Waals surface area contributed by atoms with Crippen molar-refractivity contribution in [2.75, 3.05) is 6.54 Å². The Balaban J connectivity index is 1.23. The zero-order valence-corrected chi connectivity index (χ0v) is 19.5. The Bertz CT molecular complexity index is 1410. The Morgan fingerprint density at radius 1 is 0.806 bits per heavy atom. The van der Waals surface area contributed by atoms with Gasteiger partial charge in [0.1, 0.15) is 5.69 Å². The first-order valence-electron chi connectivity index (χ1n) is 11.8. The Labute approximate surface area is 208 Å². The molecule has 180 valence electrons. The van der Waals surface area contributed by atoms with Gasteiger partial charge >= 0.3 is 0 Å².